The average Bonchev–Trinajstić information content (AvgIpc) is 3.29. The highest BCUT2D eigenvalue weighted by atomic mass is 35.5. The lowest BCUT2D eigenvalue weighted by atomic mass is 9.97. The van der Waals surface area contributed by atoms with E-state index in [-0.39, 0.29) is 6.10 Å². The van der Waals surface area contributed by atoms with Crippen LogP contribution < -0.4 is 5.32 Å². The second-order valence-electron chi connectivity index (χ2n) is 6.53. The molecule has 1 N–H and O–H groups in total. The van der Waals surface area contributed by atoms with Crippen molar-refractivity contribution in [1.29, 1.82) is 0 Å². The fourth-order valence-corrected chi connectivity index (χ4v) is 4.34. The highest BCUT2D eigenvalue weighted by molar-refractivity contribution is 7.99. The third-order valence-electron chi connectivity index (χ3n) is 4.76. The van der Waals surface area contributed by atoms with Crippen LogP contribution in [0, 0.1) is 0 Å². The maximum Gasteiger partial charge on any atom is 0.197 e. The molecule has 2 aliphatic heterocycles. The SMILES string of the molecule is Clc1ccc(Sc2nnc(C3CCNCC3)n2CC2CCCO2)nc1. The highest BCUT2D eigenvalue weighted by Crippen LogP contribution is 2.31. The Morgan fingerprint density at radius 3 is 2.84 bits per heavy atom. The summed E-state index contributed by atoms with van der Waals surface area (Å²) in [5.74, 6) is 1.55. The first-order valence-electron chi connectivity index (χ1n) is 8.84. The lowest BCUT2D eigenvalue weighted by Gasteiger charge is -2.23. The summed E-state index contributed by atoms with van der Waals surface area (Å²) in [6, 6.07) is 3.77. The lowest BCUT2D eigenvalue weighted by Crippen LogP contribution is -2.29. The molecule has 4 rings (SSSR count). The summed E-state index contributed by atoms with van der Waals surface area (Å²) in [6.07, 6.45) is 6.37. The molecule has 0 aromatic carbocycles. The summed E-state index contributed by atoms with van der Waals surface area (Å²) in [4.78, 5) is 4.38. The third-order valence-corrected chi connectivity index (χ3v) is 5.91. The van der Waals surface area contributed by atoms with Gasteiger partial charge in [0, 0.05) is 18.7 Å². The van der Waals surface area contributed by atoms with Gasteiger partial charge in [0.1, 0.15) is 10.9 Å². The van der Waals surface area contributed by atoms with Crippen LogP contribution >= 0.6 is 23.4 Å². The van der Waals surface area contributed by atoms with Crippen LogP contribution in [0.2, 0.25) is 5.02 Å². The molecule has 0 radical (unpaired) electrons. The summed E-state index contributed by atoms with van der Waals surface area (Å²) in [6.45, 7) is 3.76. The molecular weight excluding hydrogens is 358 g/mol. The topological polar surface area (TPSA) is 64.9 Å². The molecule has 0 spiro atoms. The van der Waals surface area contributed by atoms with E-state index < -0.39 is 0 Å². The largest absolute Gasteiger partial charge is 0.376 e. The Bertz CT molecular complexity index is 696. The summed E-state index contributed by atoms with van der Waals surface area (Å²) in [5, 5.41) is 14.9. The number of rotatable bonds is 5. The average molecular weight is 380 g/mol. The second kappa shape index (κ2) is 8.03. The first-order chi connectivity index (χ1) is 12.3. The molecule has 25 heavy (non-hydrogen) atoms. The molecule has 2 aromatic rings. The van der Waals surface area contributed by atoms with E-state index in [0.717, 1.165) is 67.9 Å². The fourth-order valence-electron chi connectivity index (χ4n) is 3.44. The van der Waals surface area contributed by atoms with Crippen LogP contribution in [0.4, 0.5) is 0 Å². The van der Waals surface area contributed by atoms with Gasteiger partial charge in [0.15, 0.2) is 5.16 Å². The smallest absolute Gasteiger partial charge is 0.197 e. The van der Waals surface area contributed by atoms with Crippen LogP contribution in [0.1, 0.15) is 37.4 Å². The number of halogens is 1. The van der Waals surface area contributed by atoms with E-state index >= 15 is 0 Å². The summed E-state index contributed by atoms with van der Waals surface area (Å²) in [5.41, 5.74) is 0. The first kappa shape index (κ1) is 17.3. The van der Waals surface area contributed by atoms with E-state index in [2.05, 4.69) is 25.1 Å². The molecule has 1 atom stereocenters. The van der Waals surface area contributed by atoms with Gasteiger partial charge in [0.25, 0.3) is 0 Å². The number of ether oxygens (including phenoxy) is 1. The van der Waals surface area contributed by atoms with Crippen molar-refractivity contribution in [1.82, 2.24) is 25.1 Å². The normalized spacial score (nSPS) is 21.7. The molecule has 6 nitrogen and oxygen atoms in total. The number of piperidine rings is 1. The van der Waals surface area contributed by atoms with Crippen molar-refractivity contribution in [3.63, 3.8) is 0 Å². The summed E-state index contributed by atoms with van der Waals surface area (Å²) < 4.78 is 8.12. The van der Waals surface area contributed by atoms with Crippen molar-refractivity contribution >= 4 is 23.4 Å². The molecule has 2 saturated heterocycles. The zero-order chi connectivity index (χ0) is 17.1. The van der Waals surface area contributed by atoms with E-state index in [1.807, 2.05) is 12.1 Å². The first-order valence-corrected chi connectivity index (χ1v) is 10.0. The van der Waals surface area contributed by atoms with Crippen molar-refractivity contribution < 1.29 is 4.74 Å². The van der Waals surface area contributed by atoms with Gasteiger partial charge in [-0.3, -0.25) is 0 Å². The van der Waals surface area contributed by atoms with Gasteiger partial charge in [0.2, 0.25) is 0 Å². The Labute approximate surface area is 156 Å². The van der Waals surface area contributed by atoms with E-state index in [1.165, 1.54) is 11.8 Å². The minimum absolute atomic E-state index is 0.258. The van der Waals surface area contributed by atoms with Crippen LogP contribution in [-0.4, -0.2) is 45.5 Å². The number of nitrogens with zero attached hydrogens (tertiary/aromatic N) is 4. The zero-order valence-corrected chi connectivity index (χ0v) is 15.6. The second-order valence-corrected chi connectivity index (χ2v) is 7.95. The number of pyridine rings is 1. The Morgan fingerprint density at radius 1 is 1.24 bits per heavy atom. The van der Waals surface area contributed by atoms with Gasteiger partial charge in [-0.15, -0.1) is 10.2 Å². The van der Waals surface area contributed by atoms with Crippen molar-refractivity contribution in [3.8, 4) is 0 Å². The molecule has 2 aromatic heterocycles. The zero-order valence-electron chi connectivity index (χ0n) is 14.0. The predicted octanol–water partition coefficient (Wildman–Crippen LogP) is 3.12. The molecule has 8 heteroatoms. The quantitative estimate of drug-likeness (QED) is 0.861. The molecule has 2 fully saturated rings. The van der Waals surface area contributed by atoms with E-state index in [4.69, 9.17) is 16.3 Å². The number of hydrogen-bond acceptors (Lipinski definition) is 6. The van der Waals surface area contributed by atoms with Crippen LogP contribution in [0.25, 0.3) is 0 Å². The van der Waals surface area contributed by atoms with Crippen molar-refractivity contribution in [2.45, 2.75) is 54.4 Å². The third kappa shape index (κ3) is 4.16. The van der Waals surface area contributed by atoms with Crippen molar-refractivity contribution in [3.05, 3.63) is 29.2 Å². The highest BCUT2D eigenvalue weighted by Gasteiger charge is 2.26. The van der Waals surface area contributed by atoms with Crippen molar-refractivity contribution in [2.24, 2.45) is 0 Å². The minimum atomic E-state index is 0.258. The molecule has 2 aliphatic rings. The molecule has 134 valence electrons. The monoisotopic (exact) mass is 379 g/mol. The maximum absolute atomic E-state index is 5.94. The molecule has 0 aliphatic carbocycles. The van der Waals surface area contributed by atoms with Gasteiger partial charge < -0.3 is 14.6 Å². The van der Waals surface area contributed by atoms with E-state index in [0.29, 0.717) is 10.9 Å². The van der Waals surface area contributed by atoms with Crippen LogP contribution in [0.15, 0.2) is 28.5 Å². The maximum atomic E-state index is 5.94. The number of nitrogens with one attached hydrogen (secondary N) is 1. The summed E-state index contributed by atoms with van der Waals surface area (Å²) in [7, 11) is 0. The van der Waals surface area contributed by atoms with Crippen LogP contribution in [-0.2, 0) is 11.3 Å². The molecule has 0 bridgehead atoms. The van der Waals surface area contributed by atoms with E-state index in [1.54, 1.807) is 6.20 Å². The van der Waals surface area contributed by atoms with Gasteiger partial charge in [-0.05, 0) is 62.7 Å². The fraction of sp³-hybridized carbons (Fsp3) is 0.588. The van der Waals surface area contributed by atoms with Gasteiger partial charge >= 0.3 is 0 Å². The van der Waals surface area contributed by atoms with Gasteiger partial charge in [-0.2, -0.15) is 0 Å². The van der Waals surface area contributed by atoms with Crippen LogP contribution in [0.5, 0.6) is 0 Å². The molecule has 0 amide bonds. The Kier molecular flexibility index (Phi) is 5.55. The van der Waals surface area contributed by atoms with Gasteiger partial charge in [-0.1, -0.05) is 11.6 Å². The van der Waals surface area contributed by atoms with Crippen LogP contribution in [0.3, 0.4) is 0 Å². The van der Waals surface area contributed by atoms with Gasteiger partial charge in [0.05, 0.1) is 17.7 Å². The molecule has 4 heterocycles. The Balaban J connectivity index is 1.60. The molecule has 1 unspecified atom stereocenters. The Morgan fingerprint density at radius 2 is 2.12 bits per heavy atom. The molecular formula is C17H22ClN5OS. The number of aromatic nitrogens is 4. The predicted molar refractivity (Wildman–Crippen MR) is 97.2 cm³/mol. The minimum Gasteiger partial charge on any atom is -0.376 e. The van der Waals surface area contributed by atoms with Crippen molar-refractivity contribution in [2.75, 3.05) is 19.7 Å². The van der Waals surface area contributed by atoms with Gasteiger partial charge in [-0.25, -0.2) is 4.98 Å². The lowest BCUT2D eigenvalue weighted by molar-refractivity contribution is 0.0936. The molecule has 0 saturated carbocycles. The summed E-state index contributed by atoms with van der Waals surface area (Å²) >= 11 is 7.48. The standard InChI is InChI=1S/C17H22ClN5OS/c18-13-3-4-15(20-10-13)25-17-22-21-16(12-5-7-19-8-6-12)23(17)11-14-2-1-9-24-14/h3-4,10,12,14,19H,1-2,5-9,11H2. The Hall–Kier alpha value is -1.15. The number of hydrogen-bond donors (Lipinski definition) is 1. The van der Waals surface area contributed by atoms with E-state index in [9.17, 15) is 0 Å².